The molecule has 0 aromatic rings. The van der Waals surface area contributed by atoms with E-state index in [1.54, 1.807) is 0 Å². The fourth-order valence-electron chi connectivity index (χ4n) is 0.713. The van der Waals surface area contributed by atoms with Crippen LogP contribution in [0.15, 0.2) is 0 Å². The third-order valence-corrected chi connectivity index (χ3v) is 1.66. The lowest BCUT2D eigenvalue weighted by atomic mass is 10.3. The molecule has 0 aliphatic carbocycles. The standard InChI is InChI=1S/C9H16O7/c1-5(12)8(13)15-6(2)9(14)16-7(3-10)4-11/h5-7,10-12H,3-4H2,1-2H3. The van der Waals surface area contributed by atoms with E-state index in [0.29, 0.717) is 0 Å². The molecule has 0 aromatic carbocycles. The number of hydrogen-bond donors (Lipinski definition) is 3. The van der Waals surface area contributed by atoms with Gasteiger partial charge in [-0.15, -0.1) is 0 Å². The Morgan fingerprint density at radius 2 is 1.56 bits per heavy atom. The second-order valence-electron chi connectivity index (χ2n) is 3.18. The third-order valence-electron chi connectivity index (χ3n) is 1.66. The summed E-state index contributed by atoms with van der Waals surface area (Å²) in [7, 11) is 0. The van der Waals surface area contributed by atoms with Crippen LogP contribution in [0.4, 0.5) is 0 Å². The molecule has 2 unspecified atom stereocenters. The van der Waals surface area contributed by atoms with Gasteiger partial charge in [0.25, 0.3) is 0 Å². The van der Waals surface area contributed by atoms with Crippen LogP contribution in [-0.2, 0) is 19.1 Å². The van der Waals surface area contributed by atoms with Crippen molar-refractivity contribution in [2.45, 2.75) is 32.2 Å². The van der Waals surface area contributed by atoms with E-state index < -0.39 is 43.5 Å². The fourth-order valence-corrected chi connectivity index (χ4v) is 0.713. The van der Waals surface area contributed by atoms with Crippen molar-refractivity contribution >= 4 is 11.9 Å². The van der Waals surface area contributed by atoms with Crippen molar-refractivity contribution in [3.63, 3.8) is 0 Å². The summed E-state index contributed by atoms with van der Waals surface area (Å²) >= 11 is 0. The van der Waals surface area contributed by atoms with E-state index in [-0.39, 0.29) is 0 Å². The first kappa shape index (κ1) is 14.8. The fraction of sp³-hybridized carbons (Fsp3) is 0.778. The Kier molecular flexibility index (Phi) is 6.63. The van der Waals surface area contributed by atoms with Crippen LogP contribution in [0.5, 0.6) is 0 Å². The highest BCUT2D eigenvalue weighted by Crippen LogP contribution is 2.01. The van der Waals surface area contributed by atoms with Gasteiger partial charge >= 0.3 is 11.9 Å². The summed E-state index contributed by atoms with van der Waals surface area (Å²) < 4.78 is 9.13. The minimum absolute atomic E-state index is 0.528. The summed E-state index contributed by atoms with van der Waals surface area (Å²) in [5, 5.41) is 26.1. The molecule has 0 rings (SSSR count). The Bertz CT molecular complexity index is 234. The van der Waals surface area contributed by atoms with Crippen LogP contribution >= 0.6 is 0 Å². The van der Waals surface area contributed by atoms with Gasteiger partial charge in [0.15, 0.2) is 6.10 Å². The van der Waals surface area contributed by atoms with E-state index in [1.807, 2.05) is 0 Å². The van der Waals surface area contributed by atoms with Crippen molar-refractivity contribution in [3.8, 4) is 0 Å². The molecule has 0 amide bonds. The second kappa shape index (κ2) is 7.15. The van der Waals surface area contributed by atoms with Crippen LogP contribution < -0.4 is 0 Å². The predicted octanol–water partition coefficient (Wildman–Crippen LogP) is -1.80. The maximum Gasteiger partial charge on any atom is 0.347 e. The molecule has 0 heterocycles. The first-order valence-electron chi connectivity index (χ1n) is 4.73. The second-order valence-corrected chi connectivity index (χ2v) is 3.18. The molecule has 0 aliphatic rings. The zero-order valence-electron chi connectivity index (χ0n) is 9.12. The lowest BCUT2D eigenvalue weighted by Crippen LogP contribution is -2.35. The van der Waals surface area contributed by atoms with Gasteiger partial charge in [0.05, 0.1) is 13.2 Å². The number of hydrogen-bond acceptors (Lipinski definition) is 7. The zero-order chi connectivity index (χ0) is 12.7. The summed E-state index contributed by atoms with van der Waals surface area (Å²) in [6, 6.07) is 0. The van der Waals surface area contributed by atoms with E-state index in [4.69, 9.17) is 15.3 Å². The maximum atomic E-state index is 11.2. The van der Waals surface area contributed by atoms with Gasteiger partial charge in [-0.05, 0) is 13.8 Å². The first-order chi connectivity index (χ1) is 7.42. The van der Waals surface area contributed by atoms with Crippen LogP contribution in [0.3, 0.4) is 0 Å². The highest BCUT2D eigenvalue weighted by Gasteiger charge is 2.24. The molecule has 7 heteroatoms. The van der Waals surface area contributed by atoms with Crippen LogP contribution in [0.1, 0.15) is 13.8 Å². The van der Waals surface area contributed by atoms with Crippen molar-refractivity contribution in [1.29, 1.82) is 0 Å². The number of carbonyl (C=O) groups excluding carboxylic acids is 2. The van der Waals surface area contributed by atoms with Crippen LogP contribution in [0.2, 0.25) is 0 Å². The molecule has 94 valence electrons. The minimum atomic E-state index is -1.33. The van der Waals surface area contributed by atoms with E-state index in [9.17, 15) is 9.59 Å². The predicted molar refractivity (Wildman–Crippen MR) is 51.3 cm³/mol. The van der Waals surface area contributed by atoms with E-state index >= 15 is 0 Å². The number of aliphatic hydroxyl groups excluding tert-OH is 3. The number of rotatable bonds is 6. The summed E-state index contributed by atoms with van der Waals surface area (Å²) in [5.74, 6) is -1.85. The van der Waals surface area contributed by atoms with E-state index in [0.717, 1.165) is 0 Å². The molecule has 16 heavy (non-hydrogen) atoms. The Labute approximate surface area is 92.6 Å². The smallest absolute Gasteiger partial charge is 0.347 e. The minimum Gasteiger partial charge on any atom is -0.455 e. The molecule has 0 aromatic heterocycles. The third kappa shape index (κ3) is 5.06. The number of aliphatic hydroxyl groups is 3. The average molecular weight is 236 g/mol. The van der Waals surface area contributed by atoms with Gasteiger partial charge in [-0.3, -0.25) is 0 Å². The summed E-state index contributed by atoms with van der Waals surface area (Å²) in [6.07, 6.45) is -3.58. The topological polar surface area (TPSA) is 113 Å². The Balaban J connectivity index is 4.13. The van der Waals surface area contributed by atoms with Gasteiger partial charge in [-0.2, -0.15) is 0 Å². The highest BCUT2D eigenvalue weighted by atomic mass is 16.6. The van der Waals surface area contributed by atoms with Gasteiger partial charge in [0.1, 0.15) is 12.2 Å². The molecule has 0 radical (unpaired) electrons. The number of ether oxygens (including phenoxy) is 2. The zero-order valence-corrected chi connectivity index (χ0v) is 9.12. The molecule has 0 fully saturated rings. The van der Waals surface area contributed by atoms with E-state index in [2.05, 4.69) is 9.47 Å². The van der Waals surface area contributed by atoms with Crippen molar-refractivity contribution < 1.29 is 34.4 Å². The molecule has 0 spiro atoms. The Hall–Kier alpha value is -1.18. The van der Waals surface area contributed by atoms with Gasteiger partial charge in [0, 0.05) is 0 Å². The molecular weight excluding hydrogens is 220 g/mol. The molecule has 0 saturated heterocycles. The summed E-state index contributed by atoms with van der Waals surface area (Å²) in [4.78, 5) is 22.1. The first-order valence-corrected chi connectivity index (χ1v) is 4.73. The molecule has 0 aliphatic heterocycles. The highest BCUT2D eigenvalue weighted by molar-refractivity contribution is 5.80. The van der Waals surface area contributed by atoms with Crippen LogP contribution in [0, 0.1) is 0 Å². The maximum absolute atomic E-state index is 11.2. The summed E-state index contributed by atoms with van der Waals surface area (Å²) in [5.41, 5.74) is 0. The van der Waals surface area contributed by atoms with Gasteiger partial charge < -0.3 is 24.8 Å². The average Bonchev–Trinajstić information content (AvgIpc) is 2.24. The van der Waals surface area contributed by atoms with Crippen molar-refractivity contribution in [1.82, 2.24) is 0 Å². The number of carbonyl (C=O) groups is 2. The largest absolute Gasteiger partial charge is 0.455 e. The number of esters is 2. The van der Waals surface area contributed by atoms with Crippen molar-refractivity contribution in [2.24, 2.45) is 0 Å². The van der Waals surface area contributed by atoms with Crippen molar-refractivity contribution in [3.05, 3.63) is 0 Å². The quantitative estimate of drug-likeness (QED) is 0.466. The molecule has 7 nitrogen and oxygen atoms in total. The molecule has 2 atom stereocenters. The summed E-state index contributed by atoms with van der Waals surface area (Å²) in [6.45, 7) is 1.40. The van der Waals surface area contributed by atoms with Crippen molar-refractivity contribution in [2.75, 3.05) is 13.2 Å². The lowest BCUT2D eigenvalue weighted by Gasteiger charge is -2.17. The van der Waals surface area contributed by atoms with Crippen LogP contribution in [-0.4, -0.2) is 58.8 Å². The normalized spacial score (nSPS) is 14.4. The molecule has 0 bridgehead atoms. The SMILES string of the molecule is CC(O)C(=O)OC(C)C(=O)OC(CO)CO. The molecule has 0 saturated carbocycles. The molecular formula is C9H16O7. The van der Waals surface area contributed by atoms with E-state index in [1.165, 1.54) is 13.8 Å². The van der Waals surface area contributed by atoms with Crippen LogP contribution in [0.25, 0.3) is 0 Å². The Morgan fingerprint density at radius 1 is 1.06 bits per heavy atom. The Morgan fingerprint density at radius 3 is 1.94 bits per heavy atom. The lowest BCUT2D eigenvalue weighted by molar-refractivity contribution is -0.176. The monoisotopic (exact) mass is 236 g/mol. The van der Waals surface area contributed by atoms with Gasteiger partial charge in [-0.25, -0.2) is 9.59 Å². The van der Waals surface area contributed by atoms with Gasteiger partial charge in [0.2, 0.25) is 0 Å². The van der Waals surface area contributed by atoms with Gasteiger partial charge in [-0.1, -0.05) is 0 Å². The molecule has 3 N–H and O–H groups in total.